The van der Waals surface area contributed by atoms with Crippen molar-refractivity contribution in [2.45, 2.75) is 97.4 Å². The molecule has 3 saturated carbocycles. The number of aliphatic hydroxyl groups excluding tert-OH is 1. The van der Waals surface area contributed by atoms with Crippen molar-refractivity contribution in [1.29, 1.82) is 0 Å². The van der Waals surface area contributed by atoms with Gasteiger partial charge in [-0.25, -0.2) is 4.39 Å². The Morgan fingerprint density at radius 3 is 2.46 bits per heavy atom. The number of rotatable bonds is 6. The molecule has 0 heterocycles. The van der Waals surface area contributed by atoms with Gasteiger partial charge >= 0.3 is 11.9 Å². The van der Waals surface area contributed by atoms with Crippen LogP contribution in [0.2, 0.25) is 0 Å². The number of esters is 2. The van der Waals surface area contributed by atoms with Crippen molar-refractivity contribution >= 4 is 17.7 Å². The van der Waals surface area contributed by atoms with E-state index in [0.29, 0.717) is 19.3 Å². The first-order valence-corrected chi connectivity index (χ1v) is 13.7. The van der Waals surface area contributed by atoms with Crippen LogP contribution in [0.5, 0.6) is 0 Å². The summed E-state index contributed by atoms with van der Waals surface area (Å²) >= 11 is 0. The van der Waals surface area contributed by atoms with Gasteiger partial charge < -0.3 is 14.6 Å². The molecule has 1 N–H and O–H groups in total. The highest BCUT2D eigenvalue weighted by Crippen LogP contribution is 2.71. The third-order valence-corrected chi connectivity index (χ3v) is 10.2. The van der Waals surface area contributed by atoms with Gasteiger partial charge in [0.15, 0.2) is 17.9 Å². The number of ether oxygens (including phenoxy) is 2. The van der Waals surface area contributed by atoms with Crippen molar-refractivity contribution < 1.29 is 33.4 Å². The van der Waals surface area contributed by atoms with Gasteiger partial charge in [0.05, 0.1) is 6.10 Å². The SMILES string of the molecule is C/C=C1\C=C[C@@]2(C)C(=C1)CC[C@H]1[C@@H]3C[C@H](C)C(OC(=O)CC)(C(=O)COC(=O)CC)[C@@]3(C)C[C@H](O)[C@@]12F. The Hall–Kier alpha value is -2.28. The Balaban J connectivity index is 1.80. The summed E-state index contributed by atoms with van der Waals surface area (Å²) < 4.78 is 28.8. The maximum atomic E-state index is 17.6. The molecule has 0 aromatic carbocycles. The maximum Gasteiger partial charge on any atom is 0.306 e. The Morgan fingerprint density at radius 1 is 1.16 bits per heavy atom. The normalized spacial score (nSPS) is 43.4. The number of fused-ring (bicyclic) bond motifs is 5. The van der Waals surface area contributed by atoms with Crippen molar-refractivity contribution in [2.24, 2.45) is 28.6 Å². The number of Topliss-reactive ketones (excluding diaryl/α,β-unsaturated/α-hetero) is 1. The Labute approximate surface area is 219 Å². The smallest absolute Gasteiger partial charge is 0.306 e. The van der Waals surface area contributed by atoms with E-state index in [2.05, 4.69) is 0 Å². The molecule has 4 aliphatic carbocycles. The molecule has 0 saturated heterocycles. The standard InChI is InChI=1S/C30H41FO6/c1-7-19-12-13-27(5)20(15-19)10-11-21-22-14-18(4)30(37-26(35)9-3,24(33)17-36-25(34)8-2)28(22,6)16-23(32)29(21,27)31/h7,12-13,15,18,21-23,32H,8-11,14,16-17H2,1-6H3/b19-7+/t18-,21-,22-,23-,27-,28-,29-,30?/m0/s1. The van der Waals surface area contributed by atoms with Gasteiger partial charge in [-0.3, -0.25) is 14.4 Å². The molecular formula is C30H41FO6. The number of carbonyl (C=O) groups is 3. The average Bonchev–Trinajstić information content (AvgIpc) is 3.09. The second kappa shape index (κ2) is 9.48. The number of ketones is 1. The molecule has 1 unspecified atom stereocenters. The van der Waals surface area contributed by atoms with Gasteiger partial charge in [0.2, 0.25) is 5.78 Å². The molecule has 0 aromatic rings. The number of alkyl halides is 1. The van der Waals surface area contributed by atoms with E-state index in [1.165, 1.54) is 0 Å². The van der Waals surface area contributed by atoms with Crippen molar-refractivity contribution in [3.63, 3.8) is 0 Å². The summed E-state index contributed by atoms with van der Waals surface area (Å²) in [7, 11) is 0. The fraction of sp³-hybridized carbons (Fsp3) is 0.700. The Kier molecular flexibility index (Phi) is 7.11. The molecule has 0 aliphatic heterocycles. The van der Waals surface area contributed by atoms with E-state index in [-0.39, 0.29) is 25.2 Å². The van der Waals surface area contributed by atoms with Gasteiger partial charge in [-0.15, -0.1) is 0 Å². The number of aliphatic hydroxyl groups is 1. The van der Waals surface area contributed by atoms with E-state index in [1.54, 1.807) is 13.8 Å². The fourth-order valence-corrected chi connectivity index (χ4v) is 8.23. The fourth-order valence-electron chi connectivity index (χ4n) is 8.23. The molecule has 6 nitrogen and oxygen atoms in total. The van der Waals surface area contributed by atoms with Crippen LogP contribution in [0.15, 0.2) is 35.5 Å². The lowest BCUT2D eigenvalue weighted by Crippen LogP contribution is -2.70. The molecule has 3 fully saturated rings. The summed E-state index contributed by atoms with van der Waals surface area (Å²) in [6.07, 6.45) is 8.31. The van der Waals surface area contributed by atoms with Crippen molar-refractivity contribution in [3.8, 4) is 0 Å². The van der Waals surface area contributed by atoms with Crippen LogP contribution in [0, 0.1) is 28.6 Å². The van der Waals surface area contributed by atoms with Gasteiger partial charge in [-0.05, 0) is 51.0 Å². The number of hydrogen-bond donors (Lipinski definition) is 1. The molecular weight excluding hydrogens is 475 g/mol. The summed E-state index contributed by atoms with van der Waals surface area (Å²) in [5.74, 6) is -2.82. The van der Waals surface area contributed by atoms with Gasteiger partial charge in [-0.1, -0.05) is 57.6 Å². The van der Waals surface area contributed by atoms with E-state index >= 15 is 4.39 Å². The van der Waals surface area contributed by atoms with E-state index < -0.39 is 64.4 Å². The molecule has 37 heavy (non-hydrogen) atoms. The first-order chi connectivity index (χ1) is 17.3. The van der Waals surface area contributed by atoms with Crippen LogP contribution >= 0.6 is 0 Å². The molecule has 8 atom stereocenters. The van der Waals surface area contributed by atoms with Gasteiger partial charge in [0, 0.05) is 35.5 Å². The minimum atomic E-state index is -1.93. The zero-order valence-corrected chi connectivity index (χ0v) is 22.9. The number of halogens is 1. The quantitative estimate of drug-likeness (QED) is 0.489. The lowest BCUT2D eigenvalue weighted by molar-refractivity contribution is -0.228. The average molecular weight is 517 g/mol. The second-order valence-corrected chi connectivity index (χ2v) is 11.8. The largest absolute Gasteiger partial charge is 0.457 e. The topological polar surface area (TPSA) is 89.9 Å². The Bertz CT molecular complexity index is 1080. The summed E-state index contributed by atoms with van der Waals surface area (Å²) in [6.45, 7) is 10.3. The Morgan fingerprint density at radius 2 is 1.84 bits per heavy atom. The molecule has 0 spiro atoms. The first-order valence-electron chi connectivity index (χ1n) is 13.7. The molecule has 0 radical (unpaired) electrons. The van der Waals surface area contributed by atoms with Crippen molar-refractivity contribution in [3.05, 3.63) is 35.5 Å². The third kappa shape index (κ3) is 3.70. The minimum Gasteiger partial charge on any atom is -0.457 e. The lowest BCUT2D eigenvalue weighted by atomic mass is 9.44. The zero-order chi connectivity index (χ0) is 27.4. The van der Waals surface area contributed by atoms with Crippen LogP contribution in [-0.2, 0) is 23.9 Å². The molecule has 7 heteroatoms. The van der Waals surface area contributed by atoms with E-state index in [0.717, 1.165) is 11.1 Å². The van der Waals surface area contributed by atoms with Crippen molar-refractivity contribution in [1.82, 2.24) is 0 Å². The van der Waals surface area contributed by atoms with Crippen LogP contribution in [0.25, 0.3) is 0 Å². The monoisotopic (exact) mass is 516 g/mol. The number of allylic oxidation sites excluding steroid dienone is 6. The van der Waals surface area contributed by atoms with Crippen molar-refractivity contribution in [2.75, 3.05) is 6.61 Å². The van der Waals surface area contributed by atoms with Crippen LogP contribution in [-0.4, -0.2) is 46.8 Å². The minimum absolute atomic E-state index is 0.0351. The molecule has 0 amide bonds. The highest BCUT2D eigenvalue weighted by Gasteiger charge is 2.77. The van der Waals surface area contributed by atoms with Gasteiger partial charge in [-0.2, -0.15) is 0 Å². The van der Waals surface area contributed by atoms with Crippen LogP contribution in [0.4, 0.5) is 4.39 Å². The molecule has 0 bridgehead atoms. The van der Waals surface area contributed by atoms with Crippen LogP contribution < -0.4 is 0 Å². The second-order valence-electron chi connectivity index (χ2n) is 11.8. The summed E-state index contributed by atoms with van der Waals surface area (Å²) in [6, 6.07) is 0. The summed E-state index contributed by atoms with van der Waals surface area (Å²) in [4.78, 5) is 38.4. The van der Waals surface area contributed by atoms with E-state index in [9.17, 15) is 19.5 Å². The van der Waals surface area contributed by atoms with E-state index in [1.807, 2.05) is 52.0 Å². The predicted octanol–water partition coefficient (Wildman–Crippen LogP) is 5.19. The third-order valence-electron chi connectivity index (χ3n) is 10.2. The maximum absolute atomic E-state index is 17.6. The predicted molar refractivity (Wildman–Crippen MR) is 137 cm³/mol. The van der Waals surface area contributed by atoms with Crippen LogP contribution in [0.1, 0.15) is 80.1 Å². The van der Waals surface area contributed by atoms with Gasteiger partial charge in [0.1, 0.15) is 0 Å². The molecule has 4 aliphatic rings. The number of carbonyl (C=O) groups excluding carboxylic acids is 3. The van der Waals surface area contributed by atoms with Gasteiger partial charge in [0.25, 0.3) is 0 Å². The molecule has 204 valence electrons. The lowest BCUT2D eigenvalue weighted by Gasteiger charge is -2.63. The first kappa shape index (κ1) is 27.7. The summed E-state index contributed by atoms with van der Waals surface area (Å²) in [5.41, 5.74) is -3.54. The van der Waals surface area contributed by atoms with Crippen LogP contribution in [0.3, 0.4) is 0 Å². The highest BCUT2D eigenvalue weighted by atomic mass is 19.1. The molecule has 4 rings (SSSR count). The highest BCUT2D eigenvalue weighted by molar-refractivity contribution is 5.93. The van der Waals surface area contributed by atoms with E-state index in [4.69, 9.17) is 9.47 Å². The zero-order valence-electron chi connectivity index (χ0n) is 22.9. The summed E-state index contributed by atoms with van der Waals surface area (Å²) in [5, 5.41) is 11.7. The molecule has 0 aromatic heterocycles. The number of hydrogen-bond acceptors (Lipinski definition) is 6.